The summed E-state index contributed by atoms with van der Waals surface area (Å²) in [6, 6.07) is -0.0949. The molecule has 2 fully saturated rings. The number of hydrogen-bond donors (Lipinski definition) is 2. The largest absolute Gasteiger partial charge is 0.481 e. The molecule has 2 unspecified atom stereocenters. The van der Waals surface area contributed by atoms with Crippen LogP contribution in [0, 0.1) is 11.8 Å². The quantitative estimate of drug-likeness (QED) is 0.710. The molecule has 6 heteroatoms. The van der Waals surface area contributed by atoms with Crippen LogP contribution in [-0.4, -0.2) is 46.9 Å². The first-order chi connectivity index (χ1) is 11.5. The molecule has 136 valence electrons. The predicted molar refractivity (Wildman–Crippen MR) is 90.4 cm³/mol. The summed E-state index contributed by atoms with van der Waals surface area (Å²) in [5.41, 5.74) is 0. The zero-order valence-electron chi connectivity index (χ0n) is 14.6. The molecule has 1 saturated heterocycles. The molecule has 24 heavy (non-hydrogen) atoms. The van der Waals surface area contributed by atoms with Crippen molar-refractivity contribution in [2.24, 2.45) is 11.8 Å². The Kier molecular flexibility index (Phi) is 7.06. The molecule has 0 spiro atoms. The molecule has 0 aromatic heterocycles. The molecule has 1 heterocycles. The molecule has 0 radical (unpaired) electrons. The fourth-order valence-corrected chi connectivity index (χ4v) is 3.94. The first-order valence-corrected chi connectivity index (χ1v) is 9.29. The highest BCUT2D eigenvalue weighted by atomic mass is 16.4. The molecule has 0 aromatic rings. The lowest BCUT2D eigenvalue weighted by Crippen LogP contribution is -2.41. The van der Waals surface area contributed by atoms with Crippen molar-refractivity contribution in [1.29, 1.82) is 0 Å². The van der Waals surface area contributed by atoms with Crippen LogP contribution in [0.1, 0.15) is 64.7 Å². The Morgan fingerprint density at radius 2 is 2.00 bits per heavy atom. The number of carboxylic acid groups (broad SMARTS) is 1. The number of carbonyl (C=O) groups excluding carboxylic acids is 2. The van der Waals surface area contributed by atoms with Crippen LogP contribution in [0.2, 0.25) is 0 Å². The fraction of sp³-hybridized carbons (Fsp3) is 0.833. The van der Waals surface area contributed by atoms with Crippen LogP contribution < -0.4 is 5.32 Å². The van der Waals surface area contributed by atoms with Gasteiger partial charge in [-0.15, -0.1) is 0 Å². The normalized spacial score (nSPS) is 23.3. The molecule has 6 nitrogen and oxygen atoms in total. The summed E-state index contributed by atoms with van der Waals surface area (Å²) >= 11 is 0. The van der Waals surface area contributed by atoms with Crippen molar-refractivity contribution in [2.75, 3.05) is 13.1 Å². The van der Waals surface area contributed by atoms with Crippen LogP contribution in [0.25, 0.3) is 0 Å². The van der Waals surface area contributed by atoms with E-state index in [1.165, 1.54) is 32.1 Å². The van der Waals surface area contributed by atoms with Crippen LogP contribution in [0.5, 0.6) is 0 Å². The number of amides is 2. The predicted octanol–water partition coefficient (Wildman–Crippen LogP) is 2.17. The van der Waals surface area contributed by atoms with Crippen LogP contribution >= 0.6 is 0 Å². The average molecular weight is 338 g/mol. The third kappa shape index (κ3) is 5.49. The Hall–Kier alpha value is -1.59. The number of nitrogens with zero attached hydrogens (tertiary/aromatic N) is 1. The van der Waals surface area contributed by atoms with E-state index in [1.54, 1.807) is 4.90 Å². The van der Waals surface area contributed by atoms with Crippen molar-refractivity contribution in [3.8, 4) is 0 Å². The number of aliphatic carboxylic acids is 1. The maximum Gasteiger partial charge on any atom is 0.303 e. The Balaban J connectivity index is 1.89. The first kappa shape index (κ1) is 18.7. The molecular weight excluding hydrogens is 308 g/mol. The second-order valence-corrected chi connectivity index (χ2v) is 7.21. The molecule has 0 bridgehead atoms. The highest BCUT2D eigenvalue weighted by molar-refractivity contribution is 5.89. The molecule has 2 aliphatic rings. The van der Waals surface area contributed by atoms with Gasteiger partial charge in [-0.3, -0.25) is 14.4 Å². The van der Waals surface area contributed by atoms with Gasteiger partial charge in [0.2, 0.25) is 11.8 Å². The zero-order valence-corrected chi connectivity index (χ0v) is 14.6. The van der Waals surface area contributed by atoms with Gasteiger partial charge in [-0.2, -0.15) is 0 Å². The molecule has 2 atom stereocenters. The molecule has 1 aliphatic carbocycles. The topological polar surface area (TPSA) is 86.7 Å². The van der Waals surface area contributed by atoms with Gasteiger partial charge in [0.1, 0.15) is 0 Å². The Morgan fingerprint density at radius 1 is 1.29 bits per heavy atom. The molecule has 1 saturated carbocycles. The molecule has 2 N–H and O–H groups in total. The van der Waals surface area contributed by atoms with Gasteiger partial charge < -0.3 is 15.3 Å². The van der Waals surface area contributed by atoms with Gasteiger partial charge in [0, 0.05) is 32.0 Å². The summed E-state index contributed by atoms with van der Waals surface area (Å²) < 4.78 is 0. The van der Waals surface area contributed by atoms with Gasteiger partial charge in [0.25, 0.3) is 0 Å². The molecule has 0 aromatic carbocycles. The minimum Gasteiger partial charge on any atom is -0.481 e. The average Bonchev–Trinajstić information content (AvgIpc) is 2.94. The monoisotopic (exact) mass is 338 g/mol. The van der Waals surface area contributed by atoms with Crippen molar-refractivity contribution < 1.29 is 19.5 Å². The minimum absolute atomic E-state index is 0.0343. The summed E-state index contributed by atoms with van der Waals surface area (Å²) in [6.07, 6.45) is 7.75. The van der Waals surface area contributed by atoms with E-state index in [9.17, 15) is 14.4 Å². The molecule has 2 rings (SSSR count). The number of likely N-dealkylation sites (tertiary alicyclic amines) is 1. The fourth-order valence-electron chi connectivity index (χ4n) is 3.94. The third-order valence-corrected chi connectivity index (χ3v) is 5.36. The summed E-state index contributed by atoms with van der Waals surface area (Å²) in [6.45, 7) is 3.03. The number of carbonyl (C=O) groups is 3. The van der Waals surface area contributed by atoms with E-state index in [2.05, 4.69) is 5.32 Å². The number of nitrogens with one attached hydrogen (secondary N) is 1. The molecular formula is C18H30N2O4. The maximum absolute atomic E-state index is 12.5. The summed E-state index contributed by atoms with van der Waals surface area (Å²) in [4.78, 5) is 36.9. The van der Waals surface area contributed by atoms with Crippen molar-refractivity contribution in [2.45, 2.75) is 70.8 Å². The molecule has 2 amide bonds. The van der Waals surface area contributed by atoms with Gasteiger partial charge in [-0.1, -0.05) is 32.1 Å². The van der Waals surface area contributed by atoms with Crippen molar-refractivity contribution in [3.63, 3.8) is 0 Å². The summed E-state index contributed by atoms with van der Waals surface area (Å²) in [5.74, 6) is -0.602. The number of rotatable bonds is 8. The standard InChI is InChI=1S/C18H30N2O4/c1-2-20-12-14(11-16(20)21)18(24)19-15(8-9-17(22)23)10-13-6-4-3-5-7-13/h13-15H,2-12H2,1H3,(H,19,24)(H,22,23). The number of carboxylic acids is 1. The van der Waals surface area contributed by atoms with Gasteiger partial charge >= 0.3 is 5.97 Å². The van der Waals surface area contributed by atoms with Crippen LogP contribution in [0.3, 0.4) is 0 Å². The van der Waals surface area contributed by atoms with E-state index in [-0.39, 0.29) is 36.6 Å². The SMILES string of the molecule is CCN1CC(C(=O)NC(CCC(=O)O)CC2CCCCC2)CC1=O. The summed E-state index contributed by atoms with van der Waals surface area (Å²) in [7, 11) is 0. The van der Waals surface area contributed by atoms with Crippen molar-refractivity contribution in [1.82, 2.24) is 10.2 Å². The van der Waals surface area contributed by atoms with E-state index in [1.807, 2.05) is 6.92 Å². The van der Waals surface area contributed by atoms with Gasteiger partial charge in [-0.05, 0) is 25.7 Å². The maximum atomic E-state index is 12.5. The van der Waals surface area contributed by atoms with E-state index in [4.69, 9.17) is 5.11 Å². The number of hydrogen-bond acceptors (Lipinski definition) is 3. The van der Waals surface area contributed by atoms with E-state index in [0.717, 1.165) is 6.42 Å². The van der Waals surface area contributed by atoms with E-state index >= 15 is 0 Å². The third-order valence-electron chi connectivity index (χ3n) is 5.36. The van der Waals surface area contributed by atoms with Crippen LogP contribution in [0.15, 0.2) is 0 Å². The Bertz CT molecular complexity index is 460. The summed E-state index contributed by atoms with van der Waals surface area (Å²) in [5, 5.41) is 12.0. The zero-order chi connectivity index (χ0) is 17.5. The van der Waals surface area contributed by atoms with Crippen LogP contribution in [-0.2, 0) is 14.4 Å². The molecule has 1 aliphatic heterocycles. The lowest BCUT2D eigenvalue weighted by atomic mass is 9.84. The Labute approximate surface area is 144 Å². The highest BCUT2D eigenvalue weighted by Crippen LogP contribution is 2.28. The Morgan fingerprint density at radius 3 is 2.58 bits per heavy atom. The lowest BCUT2D eigenvalue weighted by molar-refractivity contribution is -0.137. The minimum atomic E-state index is -0.828. The highest BCUT2D eigenvalue weighted by Gasteiger charge is 2.34. The first-order valence-electron chi connectivity index (χ1n) is 9.29. The van der Waals surface area contributed by atoms with Gasteiger partial charge in [0.05, 0.1) is 5.92 Å². The second kappa shape index (κ2) is 9.04. The van der Waals surface area contributed by atoms with Crippen molar-refractivity contribution in [3.05, 3.63) is 0 Å². The van der Waals surface area contributed by atoms with E-state index in [0.29, 0.717) is 25.4 Å². The van der Waals surface area contributed by atoms with E-state index < -0.39 is 5.97 Å². The second-order valence-electron chi connectivity index (χ2n) is 7.21. The lowest BCUT2D eigenvalue weighted by Gasteiger charge is -2.27. The van der Waals surface area contributed by atoms with Crippen molar-refractivity contribution >= 4 is 17.8 Å². The smallest absolute Gasteiger partial charge is 0.303 e. The van der Waals surface area contributed by atoms with Crippen LogP contribution in [0.4, 0.5) is 0 Å². The van der Waals surface area contributed by atoms with Gasteiger partial charge in [-0.25, -0.2) is 0 Å². The van der Waals surface area contributed by atoms with Gasteiger partial charge in [0.15, 0.2) is 0 Å².